The lowest BCUT2D eigenvalue weighted by molar-refractivity contribution is 0.633. The van der Waals surface area contributed by atoms with Crippen LogP contribution in [0.5, 0.6) is 0 Å². The van der Waals surface area contributed by atoms with Crippen molar-refractivity contribution in [3.8, 4) is 0 Å². The summed E-state index contributed by atoms with van der Waals surface area (Å²) in [5, 5.41) is 4.78. The number of nitrogens with zero attached hydrogens (tertiary/aromatic N) is 4. The van der Waals surface area contributed by atoms with Gasteiger partial charge in [0.15, 0.2) is 0 Å². The third-order valence-electron chi connectivity index (χ3n) is 5.29. The number of hydrogen-bond donors (Lipinski definition) is 0. The van der Waals surface area contributed by atoms with Crippen LogP contribution in [0.15, 0.2) is 60.7 Å². The van der Waals surface area contributed by atoms with Crippen molar-refractivity contribution in [1.82, 2.24) is 9.66 Å². The maximum Gasteiger partial charge on any atom is 0.232 e. The van der Waals surface area contributed by atoms with Crippen LogP contribution in [0.2, 0.25) is 0 Å². The van der Waals surface area contributed by atoms with Crippen LogP contribution in [0.1, 0.15) is 12.5 Å². The molecule has 2 heterocycles. The van der Waals surface area contributed by atoms with Gasteiger partial charge in [0, 0.05) is 12.7 Å². The van der Waals surface area contributed by atoms with E-state index >= 15 is 0 Å². The average Bonchev–Trinajstić information content (AvgIpc) is 3.10. The lowest BCUT2D eigenvalue weighted by Gasteiger charge is -2.27. The number of rotatable bonds is 1. The van der Waals surface area contributed by atoms with E-state index in [4.69, 9.17) is 4.98 Å². The number of anilines is 2. The second-order valence-electron chi connectivity index (χ2n) is 6.77. The molecule has 0 N–H and O–H groups in total. The molecule has 0 radical (unpaired) electrons. The van der Waals surface area contributed by atoms with Gasteiger partial charge in [-0.3, -0.25) is 9.91 Å². The fourth-order valence-corrected chi connectivity index (χ4v) is 3.88. The van der Waals surface area contributed by atoms with Gasteiger partial charge in [0.25, 0.3) is 0 Å². The summed E-state index contributed by atoms with van der Waals surface area (Å²) in [6, 6.07) is 21.4. The van der Waals surface area contributed by atoms with Crippen LogP contribution in [0.3, 0.4) is 0 Å². The van der Waals surface area contributed by atoms with Gasteiger partial charge in [-0.1, -0.05) is 36.4 Å². The lowest BCUT2D eigenvalue weighted by atomic mass is 10.0. The Bertz CT molecular complexity index is 1110. The minimum Gasteiger partial charge on any atom is -0.290 e. The van der Waals surface area contributed by atoms with Gasteiger partial charge < -0.3 is 0 Å². The molecule has 5 rings (SSSR count). The van der Waals surface area contributed by atoms with E-state index in [2.05, 4.69) is 90.1 Å². The van der Waals surface area contributed by atoms with Crippen LogP contribution in [0, 0.1) is 6.92 Å². The fourth-order valence-electron chi connectivity index (χ4n) is 3.88. The average molecular weight is 328 g/mol. The topological polar surface area (TPSA) is 24.3 Å². The molecule has 0 amide bonds. The standard InChI is InChI=1S/C21H20N4/c1-14-12-16-8-4-5-9-17(16)13-20(14)24-15(2)23(3)25-19-11-7-6-10-18(19)22-21(24)25/h4-13,15H,1-3H3/t15-/m0/s1. The van der Waals surface area contributed by atoms with E-state index in [1.165, 1.54) is 22.0 Å². The zero-order valence-electron chi connectivity index (χ0n) is 14.6. The van der Waals surface area contributed by atoms with E-state index in [1.54, 1.807) is 0 Å². The van der Waals surface area contributed by atoms with Crippen molar-refractivity contribution in [2.24, 2.45) is 0 Å². The molecule has 0 aliphatic carbocycles. The summed E-state index contributed by atoms with van der Waals surface area (Å²) in [6.07, 6.45) is 0.201. The molecule has 25 heavy (non-hydrogen) atoms. The lowest BCUT2D eigenvalue weighted by Crippen LogP contribution is -2.39. The smallest absolute Gasteiger partial charge is 0.232 e. The number of aromatic nitrogens is 2. The molecule has 0 saturated carbocycles. The molecule has 0 fully saturated rings. The first-order chi connectivity index (χ1) is 12.1. The first-order valence-electron chi connectivity index (χ1n) is 8.64. The van der Waals surface area contributed by atoms with Crippen LogP contribution in [-0.4, -0.2) is 22.9 Å². The summed E-state index contributed by atoms with van der Waals surface area (Å²) in [6.45, 7) is 4.40. The Labute approximate surface area is 146 Å². The van der Waals surface area contributed by atoms with Gasteiger partial charge in [0.2, 0.25) is 5.95 Å². The molecule has 0 saturated heterocycles. The zero-order chi connectivity index (χ0) is 17.1. The summed E-state index contributed by atoms with van der Waals surface area (Å²) in [4.78, 5) is 7.26. The van der Waals surface area contributed by atoms with Crippen molar-refractivity contribution in [1.29, 1.82) is 0 Å². The van der Waals surface area contributed by atoms with E-state index < -0.39 is 0 Å². The summed E-state index contributed by atoms with van der Waals surface area (Å²) in [5.41, 5.74) is 4.65. The molecular formula is C21H20N4. The normalized spacial score (nSPS) is 16.8. The minimum absolute atomic E-state index is 0.201. The van der Waals surface area contributed by atoms with Crippen LogP contribution in [-0.2, 0) is 0 Å². The van der Waals surface area contributed by atoms with Crippen molar-refractivity contribution >= 4 is 33.4 Å². The third kappa shape index (κ3) is 1.91. The summed E-state index contributed by atoms with van der Waals surface area (Å²) in [7, 11) is 2.12. The van der Waals surface area contributed by atoms with Crippen molar-refractivity contribution in [3.63, 3.8) is 0 Å². The molecule has 0 spiro atoms. The van der Waals surface area contributed by atoms with E-state index in [1.807, 2.05) is 6.07 Å². The first-order valence-corrected chi connectivity index (χ1v) is 8.64. The van der Waals surface area contributed by atoms with Crippen LogP contribution < -0.4 is 9.91 Å². The highest BCUT2D eigenvalue weighted by Crippen LogP contribution is 2.39. The molecule has 0 unspecified atom stereocenters. The molecule has 1 aliphatic heterocycles. The number of aryl methyl sites for hydroxylation is 1. The molecule has 4 nitrogen and oxygen atoms in total. The Hall–Kier alpha value is -3.01. The molecule has 124 valence electrons. The third-order valence-corrected chi connectivity index (χ3v) is 5.29. The Morgan fingerprint density at radius 3 is 2.40 bits per heavy atom. The Kier molecular flexibility index (Phi) is 2.86. The van der Waals surface area contributed by atoms with Gasteiger partial charge in [-0.2, -0.15) is 0 Å². The number of imidazole rings is 1. The van der Waals surface area contributed by atoms with E-state index in [0.29, 0.717) is 0 Å². The number of benzene rings is 3. The Balaban J connectivity index is 1.77. The van der Waals surface area contributed by atoms with Crippen molar-refractivity contribution in [3.05, 3.63) is 66.2 Å². The second kappa shape index (κ2) is 4.99. The summed E-state index contributed by atoms with van der Waals surface area (Å²) >= 11 is 0. The molecular weight excluding hydrogens is 308 g/mol. The first kappa shape index (κ1) is 14.3. The predicted molar refractivity (Wildman–Crippen MR) is 104 cm³/mol. The van der Waals surface area contributed by atoms with Crippen LogP contribution in [0.4, 0.5) is 11.6 Å². The summed E-state index contributed by atoms with van der Waals surface area (Å²) in [5.74, 6) is 0.981. The number of hydrogen-bond acceptors (Lipinski definition) is 3. The van der Waals surface area contributed by atoms with E-state index in [-0.39, 0.29) is 6.17 Å². The maximum absolute atomic E-state index is 4.92. The van der Waals surface area contributed by atoms with Gasteiger partial charge in [0.1, 0.15) is 6.17 Å². The van der Waals surface area contributed by atoms with Crippen molar-refractivity contribution in [2.75, 3.05) is 17.0 Å². The zero-order valence-corrected chi connectivity index (χ0v) is 14.6. The van der Waals surface area contributed by atoms with E-state index in [9.17, 15) is 0 Å². The van der Waals surface area contributed by atoms with Crippen molar-refractivity contribution < 1.29 is 0 Å². The quantitative estimate of drug-likeness (QED) is 0.512. The van der Waals surface area contributed by atoms with Crippen LogP contribution >= 0.6 is 0 Å². The minimum atomic E-state index is 0.201. The summed E-state index contributed by atoms with van der Waals surface area (Å²) < 4.78 is 2.22. The molecule has 1 atom stereocenters. The van der Waals surface area contributed by atoms with E-state index in [0.717, 1.165) is 17.0 Å². The van der Waals surface area contributed by atoms with Gasteiger partial charge in [-0.25, -0.2) is 9.66 Å². The Morgan fingerprint density at radius 1 is 0.920 bits per heavy atom. The monoisotopic (exact) mass is 328 g/mol. The molecule has 4 aromatic rings. The fraction of sp³-hybridized carbons (Fsp3) is 0.190. The Morgan fingerprint density at radius 2 is 1.60 bits per heavy atom. The van der Waals surface area contributed by atoms with Gasteiger partial charge in [-0.15, -0.1) is 0 Å². The van der Waals surface area contributed by atoms with Crippen molar-refractivity contribution in [2.45, 2.75) is 20.0 Å². The second-order valence-corrected chi connectivity index (χ2v) is 6.77. The molecule has 3 aromatic carbocycles. The molecule has 1 aliphatic rings. The van der Waals surface area contributed by atoms with Gasteiger partial charge in [-0.05, 0) is 54.4 Å². The maximum atomic E-state index is 4.92. The van der Waals surface area contributed by atoms with Crippen LogP contribution in [0.25, 0.3) is 21.8 Å². The molecule has 0 bridgehead atoms. The highest BCUT2D eigenvalue weighted by atomic mass is 15.7. The predicted octanol–water partition coefficient (Wildman–Crippen LogP) is 4.56. The highest BCUT2D eigenvalue weighted by Gasteiger charge is 2.35. The number of para-hydroxylation sites is 2. The largest absolute Gasteiger partial charge is 0.290 e. The van der Waals surface area contributed by atoms with Gasteiger partial charge >= 0.3 is 0 Å². The SMILES string of the molecule is Cc1cc2ccccc2cc1N1c2nc3ccccc3n2N(C)[C@@H]1C. The van der Waals surface area contributed by atoms with Gasteiger partial charge in [0.05, 0.1) is 11.0 Å². The molecule has 1 aromatic heterocycles. The molecule has 4 heteroatoms. The number of fused-ring (bicyclic) bond motifs is 4. The highest BCUT2D eigenvalue weighted by molar-refractivity contribution is 5.90.